The predicted molar refractivity (Wildman–Crippen MR) is 63.9 cm³/mol. The van der Waals surface area contributed by atoms with E-state index in [1.165, 1.54) is 6.42 Å². The summed E-state index contributed by atoms with van der Waals surface area (Å²) in [5.74, 6) is 1.06. The summed E-state index contributed by atoms with van der Waals surface area (Å²) in [6.45, 7) is 10.1. The summed E-state index contributed by atoms with van der Waals surface area (Å²) in [5.41, 5.74) is 0.414. The summed E-state index contributed by atoms with van der Waals surface area (Å²) in [4.78, 5) is 0. The van der Waals surface area contributed by atoms with Gasteiger partial charge in [-0.3, -0.25) is 0 Å². The normalized spacial score (nSPS) is 14.1. The Morgan fingerprint density at radius 1 is 1.40 bits per heavy atom. The molecular weight excluding hydrogens is 186 g/mol. The van der Waals surface area contributed by atoms with Gasteiger partial charge in [-0.15, -0.1) is 0 Å². The second-order valence-corrected chi connectivity index (χ2v) is 5.45. The molecule has 0 bridgehead atoms. The lowest BCUT2D eigenvalue weighted by Gasteiger charge is -2.20. The minimum Gasteiger partial charge on any atom is -0.469 e. The summed E-state index contributed by atoms with van der Waals surface area (Å²) in [5, 5.41) is 3.52. The molecule has 0 fully saturated rings. The molecule has 1 heterocycles. The maximum absolute atomic E-state index is 5.31. The van der Waals surface area contributed by atoms with E-state index >= 15 is 0 Å². The van der Waals surface area contributed by atoms with Gasteiger partial charge >= 0.3 is 0 Å². The Morgan fingerprint density at radius 3 is 2.67 bits per heavy atom. The zero-order valence-corrected chi connectivity index (χ0v) is 10.3. The molecule has 1 N–H and O–H groups in total. The molecule has 15 heavy (non-hydrogen) atoms. The second kappa shape index (κ2) is 5.36. The zero-order valence-electron chi connectivity index (χ0n) is 10.3. The van der Waals surface area contributed by atoms with Crippen LogP contribution in [0.3, 0.4) is 0 Å². The van der Waals surface area contributed by atoms with Crippen LogP contribution < -0.4 is 5.32 Å². The lowest BCUT2D eigenvalue weighted by molar-refractivity contribution is 0.352. The number of furan rings is 1. The molecule has 0 saturated carbocycles. The Hall–Kier alpha value is -0.760. The molecule has 1 atom stereocenters. The lowest BCUT2D eigenvalue weighted by Crippen LogP contribution is -2.30. The van der Waals surface area contributed by atoms with E-state index in [4.69, 9.17) is 4.42 Å². The van der Waals surface area contributed by atoms with E-state index < -0.39 is 0 Å². The third kappa shape index (κ3) is 5.63. The van der Waals surface area contributed by atoms with Crippen molar-refractivity contribution in [3.05, 3.63) is 24.2 Å². The summed E-state index contributed by atoms with van der Waals surface area (Å²) >= 11 is 0. The molecule has 2 heteroatoms. The predicted octanol–water partition coefficient (Wildman–Crippen LogP) is 3.24. The van der Waals surface area contributed by atoms with Gasteiger partial charge in [0.2, 0.25) is 0 Å². The molecule has 0 amide bonds. The molecule has 1 unspecified atom stereocenters. The van der Waals surface area contributed by atoms with Crippen molar-refractivity contribution in [2.45, 2.75) is 46.6 Å². The van der Waals surface area contributed by atoms with E-state index in [-0.39, 0.29) is 0 Å². The Labute approximate surface area is 93.1 Å². The third-order valence-corrected chi connectivity index (χ3v) is 2.46. The van der Waals surface area contributed by atoms with Crippen LogP contribution >= 0.6 is 0 Å². The highest BCUT2D eigenvalue weighted by Crippen LogP contribution is 2.17. The van der Waals surface area contributed by atoms with Crippen LogP contribution in [0.4, 0.5) is 0 Å². The molecule has 0 spiro atoms. The molecule has 1 aromatic rings. The highest BCUT2D eigenvalue weighted by atomic mass is 16.3. The topological polar surface area (TPSA) is 25.2 Å². The molecule has 1 rings (SSSR count). The fraction of sp³-hybridized carbons (Fsp3) is 0.692. The number of rotatable bonds is 5. The highest BCUT2D eigenvalue weighted by molar-refractivity contribution is 4.99. The van der Waals surface area contributed by atoms with E-state index in [9.17, 15) is 0 Å². The van der Waals surface area contributed by atoms with Crippen LogP contribution in [0.5, 0.6) is 0 Å². The van der Waals surface area contributed by atoms with Gasteiger partial charge in [-0.05, 0) is 37.4 Å². The largest absolute Gasteiger partial charge is 0.469 e. The Kier molecular flexibility index (Phi) is 4.40. The maximum Gasteiger partial charge on any atom is 0.105 e. The van der Waals surface area contributed by atoms with Crippen LogP contribution in [0.15, 0.2) is 22.8 Å². The number of nitrogens with one attached hydrogen (secondary N) is 1. The van der Waals surface area contributed by atoms with E-state index in [1.54, 1.807) is 6.26 Å². The fourth-order valence-electron chi connectivity index (χ4n) is 1.50. The van der Waals surface area contributed by atoms with E-state index in [0.717, 1.165) is 18.7 Å². The SMILES string of the molecule is CC(Cc1ccco1)NCCC(C)(C)C. The molecule has 0 saturated heterocycles. The van der Waals surface area contributed by atoms with Crippen LogP contribution in [-0.4, -0.2) is 12.6 Å². The van der Waals surface area contributed by atoms with Gasteiger partial charge in [-0.1, -0.05) is 20.8 Å². The Balaban J connectivity index is 2.17. The van der Waals surface area contributed by atoms with Crippen molar-refractivity contribution in [1.29, 1.82) is 0 Å². The van der Waals surface area contributed by atoms with Crippen molar-refractivity contribution in [2.24, 2.45) is 5.41 Å². The number of hydrogen-bond acceptors (Lipinski definition) is 2. The lowest BCUT2D eigenvalue weighted by atomic mass is 9.92. The van der Waals surface area contributed by atoms with Crippen LogP contribution in [0.2, 0.25) is 0 Å². The van der Waals surface area contributed by atoms with Crippen molar-refractivity contribution in [3.63, 3.8) is 0 Å². The maximum atomic E-state index is 5.31. The number of hydrogen-bond donors (Lipinski definition) is 1. The van der Waals surface area contributed by atoms with Gasteiger partial charge in [0.1, 0.15) is 5.76 Å². The highest BCUT2D eigenvalue weighted by Gasteiger charge is 2.10. The molecule has 0 aliphatic rings. The van der Waals surface area contributed by atoms with Crippen LogP contribution in [-0.2, 0) is 6.42 Å². The molecular formula is C13H23NO. The van der Waals surface area contributed by atoms with Gasteiger partial charge in [0.05, 0.1) is 6.26 Å². The first-order chi connectivity index (χ1) is 6.97. The van der Waals surface area contributed by atoms with Gasteiger partial charge in [-0.2, -0.15) is 0 Å². The smallest absolute Gasteiger partial charge is 0.105 e. The van der Waals surface area contributed by atoms with Gasteiger partial charge < -0.3 is 9.73 Å². The van der Waals surface area contributed by atoms with Crippen LogP contribution in [0.1, 0.15) is 39.9 Å². The first kappa shape index (κ1) is 12.3. The molecule has 0 radical (unpaired) electrons. The van der Waals surface area contributed by atoms with Crippen molar-refractivity contribution in [1.82, 2.24) is 5.32 Å². The minimum atomic E-state index is 0.414. The first-order valence-electron chi connectivity index (χ1n) is 5.73. The Bertz CT molecular complexity index is 259. The molecule has 86 valence electrons. The monoisotopic (exact) mass is 209 g/mol. The second-order valence-electron chi connectivity index (χ2n) is 5.45. The minimum absolute atomic E-state index is 0.414. The Morgan fingerprint density at radius 2 is 2.13 bits per heavy atom. The van der Waals surface area contributed by atoms with Gasteiger partial charge in [0, 0.05) is 12.5 Å². The van der Waals surface area contributed by atoms with Crippen LogP contribution in [0.25, 0.3) is 0 Å². The summed E-state index contributed by atoms with van der Waals surface area (Å²) in [6.07, 6.45) is 3.91. The molecule has 2 nitrogen and oxygen atoms in total. The van der Waals surface area contributed by atoms with Crippen molar-refractivity contribution in [3.8, 4) is 0 Å². The fourth-order valence-corrected chi connectivity index (χ4v) is 1.50. The molecule has 0 aliphatic heterocycles. The van der Waals surface area contributed by atoms with Crippen molar-refractivity contribution in [2.75, 3.05) is 6.54 Å². The van der Waals surface area contributed by atoms with E-state index in [2.05, 4.69) is 33.0 Å². The standard InChI is InChI=1S/C13H23NO/c1-11(10-12-6-5-9-15-12)14-8-7-13(2,3)4/h5-6,9,11,14H,7-8,10H2,1-4H3. The summed E-state index contributed by atoms with van der Waals surface area (Å²) in [6, 6.07) is 4.46. The van der Waals surface area contributed by atoms with E-state index in [0.29, 0.717) is 11.5 Å². The van der Waals surface area contributed by atoms with Gasteiger partial charge in [0.25, 0.3) is 0 Å². The van der Waals surface area contributed by atoms with Gasteiger partial charge in [-0.25, -0.2) is 0 Å². The average Bonchev–Trinajstić information content (AvgIpc) is 2.54. The van der Waals surface area contributed by atoms with Crippen LogP contribution in [0, 0.1) is 5.41 Å². The molecule has 0 aliphatic carbocycles. The van der Waals surface area contributed by atoms with E-state index in [1.807, 2.05) is 12.1 Å². The average molecular weight is 209 g/mol. The molecule has 1 aromatic heterocycles. The zero-order chi connectivity index (χ0) is 11.3. The summed E-state index contributed by atoms with van der Waals surface area (Å²) in [7, 11) is 0. The summed E-state index contributed by atoms with van der Waals surface area (Å²) < 4.78 is 5.31. The quantitative estimate of drug-likeness (QED) is 0.805. The van der Waals surface area contributed by atoms with Crippen molar-refractivity contribution < 1.29 is 4.42 Å². The van der Waals surface area contributed by atoms with Crippen molar-refractivity contribution >= 4 is 0 Å². The third-order valence-electron chi connectivity index (χ3n) is 2.46. The first-order valence-corrected chi connectivity index (χ1v) is 5.73. The van der Waals surface area contributed by atoms with Gasteiger partial charge in [0.15, 0.2) is 0 Å². The molecule has 0 aromatic carbocycles.